The lowest BCUT2D eigenvalue weighted by molar-refractivity contribution is 0.0922. The molecule has 0 aliphatic carbocycles. The van der Waals surface area contributed by atoms with Crippen LogP contribution in [0, 0.1) is 5.92 Å². The summed E-state index contributed by atoms with van der Waals surface area (Å²) >= 11 is 3.44. The SMILES string of the molecule is COCCN1CCC(CNC(=O)c2n[nH]c3ccc(Br)cc23)CC1. The predicted octanol–water partition coefficient (Wildman–Crippen LogP) is 2.41. The van der Waals surface area contributed by atoms with Crippen LogP contribution in [0.3, 0.4) is 0 Å². The number of piperidine rings is 1. The maximum Gasteiger partial charge on any atom is 0.272 e. The lowest BCUT2D eigenvalue weighted by atomic mass is 9.97. The number of hydrogen-bond donors (Lipinski definition) is 2. The van der Waals surface area contributed by atoms with Crippen LogP contribution < -0.4 is 5.32 Å². The van der Waals surface area contributed by atoms with Crippen LogP contribution in [0.15, 0.2) is 22.7 Å². The third-order valence-electron chi connectivity index (χ3n) is 4.61. The van der Waals surface area contributed by atoms with E-state index in [0.29, 0.717) is 18.2 Å². The van der Waals surface area contributed by atoms with E-state index in [1.807, 2.05) is 18.2 Å². The van der Waals surface area contributed by atoms with E-state index >= 15 is 0 Å². The van der Waals surface area contributed by atoms with Gasteiger partial charge in [-0.05, 0) is 50.0 Å². The van der Waals surface area contributed by atoms with Crippen LogP contribution >= 0.6 is 15.9 Å². The number of rotatable bonds is 6. The van der Waals surface area contributed by atoms with Crippen molar-refractivity contribution in [1.82, 2.24) is 20.4 Å². The molecule has 0 atom stereocenters. The van der Waals surface area contributed by atoms with Crippen molar-refractivity contribution in [2.45, 2.75) is 12.8 Å². The lowest BCUT2D eigenvalue weighted by Gasteiger charge is -2.31. The van der Waals surface area contributed by atoms with Crippen molar-refractivity contribution in [1.29, 1.82) is 0 Å². The molecule has 2 heterocycles. The number of aromatic amines is 1. The molecule has 0 unspecified atom stereocenters. The Morgan fingerprint density at radius 3 is 3.00 bits per heavy atom. The molecule has 24 heavy (non-hydrogen) atoms. The van der Waals surface area contributed by atoms with Crippen LogP contribution in [0.1, 0.15) is 23.3 Å². The zero-order valence-electron chi connectivity index (χ0n) is 13.8. The predicted molar refractivity (Wildman–Crippen MR) is 97.2 cm³/mol. The Balaban J connectivity index is 1.52. The summed E-state index contributed by atoms with van der Waals surface area (Å²) in [4.78, 5) is 14.9. The van der Waals surface area contributed by atoms with Crippen LogP contribution in [-0.2, 0) is 4.74 Å². The second-order valence-electron chi connectivity index (χ2n) is 6.25. The minimum Gasteiger partial charge on any atom is -0.383 e. The number of ether oxygens (including phenoxy) is 1. The molecule has 1 aliphatic heterocycles. The Kier molecular flexibility index (Phi) is 5.86. The van der Waals surface area contributed by atoms with Crippen molar-refractivity contribution in [2.75, 3.05) is 39.9 Å². The number of halogens is 1. The number of benzene rings is 1. The van der Waals surface area contributed by atoms with E-state index in [-0.39, 0.29) is 5.91 Å². The summed E-state index contributed by atoms with van der Waals surface area (Å²) in [7, 11) is 1.74. The number of fused-ring (bicyclic) bond motifs is 1. The topological polar surface area (TPSA) is 70.2 Å². The van der Waals surface area contributed by atoms with E-state index in [1.165, 1.54) is 0 Å². The van der Waals surface area contributed by atoms with Crippen LogP contribution in [0.4, 0.5) is 0 Å². The third kappa shape index (κ3) is 4.15. The summed E-state index contributed by atoms with van der Waals surface area (Å²) < 4.78 is 6.06. The number of carbonyl (C=O) groups excluding carboxylic acids is 1. The highest BCUT2D eigenvalue weighted by Gasteiger charge is 2.21. The second kappa shape index (κ2) is 8.09. The second-order valence-corrected chi connectivity index (χ2v) is 7.17. The van der Waals surface area contributed by atoms with E-state index in [4.69, 9.17) is 4.74 Å². The largest absolute Gasteiger partial charge is 0.383 e. The molecule has 0 saturated carbocycles. The van der Waals surface area contributed by atoms with Crippen molar-refractivity contribution in [3.05, 3.63) is 28.4 Å². The van der Waals surface area contributed by atoms with E-state index in [0.717, 1.165) is 54.5 Å². The molecule has 1 aromatic heterocycles. The highest BCUT2D eigenvalue weighted by Crippen LogP contribution is 2.21. The Hall–Kier alpha value is -1.44. The molecule has 1 amide bonds. The summed E-state index contributed by atoms with van der Waals surface area (Å²) in [6, 6.07) is 5.76. The van der Waals surface area contributed by atoms with Gasteiger partial charge in [-0.1, -0.05) is 15.9 Å². The van der Waals surface area contributed by atoms with Crippen LogP contribution in [0.2, 0.25) is 0 Å². The van der Waals surface area contributed by atoms with Gasteiger partial charge >= 0.3 is 0 Å². The summed E-state index contributed by atoms with van der Waals surface area (Å²) in [5, 5.41) is 11.0. The number of H-pyrrole nitrogens is 1. The quantitative estimate of drug-likeness (QED) is 0.788. The first-order chi connectivity index (χ1) is 11.7. The summed E-state index contributed by atoms with van der Waals surface area (Å²) in [5.41, 5.74) is 1.33. The number of amides is 1. The molecule has 6 nitrogen and oxygen atoms in total. The first-order valence-corrected chi connectivity index (χ1v) is 9.10. The van der Waals surface area contributed by atoms with Crippen molar-refractivity contribution in [2.24, 2.45) is 5.92 Å². The van der Waals surface area contributed by atoms with Gasteiger partial charge in [-0.15, -0.1) is 0 Å². The van der Waals surface area contributed by atoms with Gasteiger partial charge in [-0.2, -0.15) is 5.10 Å². The molecule has 1 saturated heterocycles. The third-order valence-corrected chi connectivity index (χ3v) is 5.10. The van der Waals surface area contributed by atoms with Gasteiger partial charge in [-0.25, -0.2) is 0 Å². The summed E-state index contributed by atoms with van der Waals surface area (Å²) in [6.45, 7) is 4.62. The number of likely N-dealkylation sites (tertiary alicyclic amines) is 1. The molecule has 0 radical (unpaired) electrons. The molecule has 3 rings (SSSR count). The van der Waals surface area contributed by atoms with E-state index in [9.17, 15) is 4.79 Å². The van der Waals surface area contributed by atoms with Gasteiger partial charge in [0.2, 0.25) is 0 Å². The molecular weight excluding hydrogens is 372 g/mol. The fourth-order valence-electron chi connectivity index (χ4n) is 3.11. The molecule has 1 fully saturated rings. The molecule has 1 aliphatic rings. The first kappa shape index (κ1) is 17.4. The lowest BCUT2D eigenvalue weighted by Crippen LogP contribution is -2.39. The molecule has 0 spiro atoms. The number of nitrogens with zero attached hydrogens (tertiary/aromatic N) is 2. The zero-order chi connectivity index (χ0) is 16.9. The Morgan fingerprint density at radius 2 is 2.25 bits per heavy atom. The molecule has 2 aromatic rings. The number of carbonyl (C=O) groups is 1. The van der Waals surface area contributed by atoms with Gasteiger partial charge in [-0.3, -0.25) is 9.89 Å². The Bertz CT molecular complexity index is 695. The van der Waals surface area contributed by atoms with Gasteiger partial charge < -0.3 is 15.0 Å². The van der Waals surface area contributed by atoms with E-state index in [1.54, 1.807) is 7.11 Å². The minimum atomic E-state index is -0.110. The average Bonchev–Trinajstić information content (AvgIpc) is 3.02. The highest BCUT2D eigenvalue weighted by atomic mass is 79.9. The van der Waals surface area contributed by atoms with Crippen molar-refractivity contribution >= 4 is 32.7 Å². The van der Waals surface area contributed by atoms with Gasteiger partial charge in [0.25, 0.3) is 5.91 Å². The minimum absolute atomic E-state index is 0.110. The molecule has 1 aromatic carbocycles. The normalized spacial score (nSPS) is 16.6. The first-order valence-electron chi connectivity index (χ1n) is 8.30. The molecular formula is C17H23BrN4O2. The maximum absolute atomic E-state index is 12.4. The van der Waals surface area contributed by atoms with Crippen molar-refractivity contribution in [3.8, 4) is 0 Å². The smallest absolute Gasteiger partial charge is 0.272 e. The number of methoxy groups -OCH3 is 1. The number of hydrogen-bond acceptors (Lipinski definition) is 4. The average molecular weight is 395 g/mol. The highest BCUT2D eigenvalue weighted by molar-refractivity contribution is 9.10. The van der Waals surface area contributed by atoms with Gasteiger partial charge in [0.15, 0.2) is 5.69 Å². The Labute approximate surface area is 150 Å². The van der Waals surface area contributed by atoms with Crippen LogP contribution in [-0.4, -0.2) is 60.9 Å². The zero-order valence-corrected chi connectivity index (χ0v) is 15.4. The molecule has 130 valence electrons. The summed E-state index contributed by atoms with van der Waals surface area (Å²) in [6.07, 6.45) is 2.22. The van der Waals surface area contributed by atoms with Gasteiger partial charge in [0.1, 0.15) is 0 Å². The van der Waals surface area contributed by atoms with Crippen LogP contribution in [0.25, 0.3) is 10.9 Å². The Morgan fingerprint density at radius 1 is 1.46 bits per heavy atom. The molecule has 2 N–H and O–H groups in total. The standard InChI is InChI=1S/C17H23BrN4O2/c1-24-9-8-22-6-4-12(5-7-22)11-19-17(23)16-14-10-13(18)2-3-15(14)20-21-16/h2-3,10,12H,4-9,11H2,1H3,(H,19,23)(H,20,21). The number of nitrogens with one attached hydrogen (secondary N) is 2. The molecule has 0 bridgehead atoms. The fraction of sp³-hybridized carbons (Fsp3) is 0.529. The van der Waals surface area contributed by atoms with Gasteiger partial charge in [0, 0.05) is 30.1 Å². The maximum atomic E-state index is 12.4. The van der Waals surface area contributed by atoms with Gasteiger partial charge in [0.05, 0.1) is 12.1 Å². The fourth-order valence-corrected chi connectivity index (χ4v) is 3.48. The van der Waals surface area contributed by atoms with Crippen LogP contribution in [0.5, 0.6) is 0 Å². The van der Waals surface area contributed by atoms with Crippen molar-refractivity contribution in [3.63, 3.8) is 0 Å². The number of aromatic nitrogens is 2. The van der Waals surface area contributed by atoms with Crippen molar-refractivity contribution < 1.29 is 9.53 Å². The summed E-state index contributed by atoms with van der Waals surface area (Å²) in [5.74, 6) is 0.422. The monoisotopic (exact) mass is 394 g/mol. The van der Waals surface area contributed by atoms with E-state index in [2.05, 4.69) is 36.3 Å². The molecule has 7 heteroatoms. The van der Waals surface area contributed by atoms with E-state index < -0.39 is 0 Å².